The Hall–Kier alpha value is -2.66. The van der Waals surface area contributed by atoms with Gasteiger partial charge < -0.3 is 15.6 Å². The zero-order valence-electron chi connectivity index (χ0n) is 16.2. The lowest BCUT2D eigenvalue weighted by Gasteiger charge is -2.25. The number of hydrogen-bond donors (Lipinski definition) is 2. The van der Waals surface area contributed by atoms with Gasteiger partial charge in [-0.1, -0.05) is 11.8 Å². The summed E-state index contributed by atoms with van der Waals surface area (Å²) in [5.41, 5.74) is 6.50. The topological polar surface area (TPSA) is 74.8 Å². The smallest absolute Gasteiger partial charge is 0.167 e. The van der Waals surface area contributed by atoms with Crippen molar-refractivity contribution in [3.05, 3.63) is 48.0 Å². The van der Waals surface area contributed by atoms with E-state index in [4.69, 9.17) is 10.5 Å². The Morgan fingerprint density at radius 1 is 1.21 bits per heavy atom. The number of β-amino-alcohol motifs (C(OH)–C–C–N with tert-alkyl or cyclic N) is 1. The van der Waals surface area contributed by atoms with Crippen molar-refractivity contribution in [3.8, 4) is 23.3 Å². The van der Waals surface area contributed by atoms with E-state index < -0.39 is 5.82 Å². The lowest BCUT2D eigenvalue weighted by molar-refractivity contribution is 0.0979. The first-order valence-corrected chi connectivity index (χ1v) is 9.90. The molecular weight excluding hydrogens is 371 g/mol. The van der Waals surface area contributed by atoms with Gasteiger partial charge in [0.25, 0.3) is 0 Å². The molecule has 2 aromatic rings. The fourth-order valence-electron chi connectivity index (χ4n) is 3.94. The molecule has 1 aromatic carbocycles. The van der Waals surface area contributed by atoms with Crippen molar-refractivity contribution in [1.29, 1.82) is 0 Å². The monoisotopic (exact) mass is 396 g/mol. The third kappa shape index (κ3) is 4.67. The molecule has 0 radical (unpaired) electrons. The summed E-state index contributed by atoms with van der Waals surface area (Å²) in [6.45, 7) is 4.14. The van der Waals surface area contributed by atoms with Crippen LogP contribution in [-0.2, 0) is 0 Å². The Labute approximate surface area is 170 Å². The molecule has 29 heavy (non-hydrogen) atoms. The average Bonchev–Trinajstić information content (AvgIpc) is 3.35. The van der Waals surface area contributed by atoms with Crippen LogP contribution in [-0.4, -0.2) is 64.8 Å². The van der Waals surface area contributed by atoms with Crippen molar-refractivity contribution >= 4 is 5.69 Å². The molecule has 0 spiro atoms. The van der Waals surface area contributed by atoms with E-state index in [9.17, 15) is 9.50 Å². The molecule has 2 saturated heterocycles. The van der Waals surface area contributed by atoms with Gasteiger partial charge in [-0.25, -0.2) is 4.39 Å². The van der Waals surface area contributed by atoms with E-state index in [1.54, 1.807) is 24.5 Å². The number of aliphatic hydroxyl groups is 1. The molecule has 152 valence electrons. The number of pyridine rings is 1. The van der Waals surface area contributed by atoms with Gasteiger partial charge in [-0.3, -0.25) is 14.8 Å². The third-order valence-electron chi connectivity index (χ3n) is 5.43. The molecule has 6 nitrogen and oxygen atoms in total. The maximum absolute atomic E-state index is 14.0. The molecule has 0 bridgehead atoms. The van der Waals surface area contributed by atoms with Gasteiger partial charge in [0, 0.05) is 49.3 Å². The van der Waals surface area contributed by atoms with E-state index in [1.165, 1.54) is 25.0 Å². The van der Waals surface area contributed by atoms with E-state index in [-0.39, 0.29) is 17.9 Å². The molecule has 0 saturated carbocycles. The molecule has 3 N–H and O–H groups in total. The largest absolute Gasteiger partial charge is 0.453 e. The lowest BCUT2D eigenvalue weighted by atomic mass is 10.2. The number of halogens is 1. The molecule has 2 aliphatic heterocycles. The van der Waals surface area contributed by atoms with Crippen LogP contribution in [0.15, 0.2) is 36.7 Å². The van der Waals surface area contributed by atoms with E-state index >= 15 is 0 Å². The first kappa shape index (κ1) is 19.6. The van der Waals surface area contributed by atoms with Crippen LogP contribution in [0.25, 0.3) is 0 Å². The number of nitrogens with zero attached hydrogens (tertiary/aromatic N) is 3. The lowest BCUT2D eigenvalue weighted by Crippen LogP contribution is -2.41. The second-order valence-corrected chi connectivity index (χ2v) is 7.54. The number of nitrogen functional groups attached to an aromatic ring is 1. The second kappa shape index (κ2) is 8.78. The Morgan fingerprint density at radius 2 is 2.03 bits per heavy atom. The second-order valence-electron chi connectivity index (χ2n) is 7.54. The van der Waals surface area contributed by atoms with Crippen molar-refractivity contribution in [2.24, 2.45) is 0 Å². The van der Waals surface area contributed by atoms with Gasteiger partial charge in [0.15, 0.2) is 11.6 Å². The van der Waals surface area contributed by atoms with Crippen LogP contribution in [0.2, 0.25) is 0 Å². The Bertz CT molecular complexity index is 921. The summed E-state index contributed by atoms with van der Waals surface area (Å²) in [7, 11) is 0. The van der Waals surface area contributed by atoms with E-state index in [0.29, 0.717) is 30.1 Å². The van der Waals surface area contributed by atoms with Crippen LogP contribution in [0, 0.1) is 17.7 Å². The van der Waals surface area contributed by atoms with Gasteiger partial charge >= 0.3 is 0 Å². The molecule has 7 heteroatoms. The number of hydrogen-bond acceptors (Lipinski definition) is 6. The van der Waals surface area contributed by atoms with Gasteiger partial charge in [-0.2, -0.15) is 0 Å². The highest BCUT2D eigenvalue weighted by Crippen LogP contribution is 2.27. The first-order chi connectivity index (χ1) is 14.1. The molecule has 2 aliphatic rings. The fourth-order valence-corrected chi connectivity index (χ4v) is 3.94. The number of nitrogens with two attached hydrogens (primary N) is 1. The minimum Gasteiger partial charge on any atom is -0.453 e. The SMILES string of the molecule is Nc1ccc(Oc2ccncc2C#CCN2C[C@@H](O)[C@H](N3CCCC3)C2)c(F)c1. The quantitative estimate of drug-likeness (QED) is 0.609. The van der Waals surface area contributed by atoms with Crippen molar-refractivity contribution in [3.63, 3.8) is 0 Å². The predicted molar refractivity (Wildman–Crippen MR) is 109 cm³/mol. The van der Waals surface area contributed by atoms with Crippen molar-refractivity contribution in [2.75, 3.05) is 38.5 Å². The predicted octanol–water partition coefficient (Wildman–Crippen LogP) is 2.09. The summed E-state index contributed by atoms with van der Waals surface area (Å²) in [6.07, 6.45) is 5.26. The van der Waals surface area contributed by atoms with E-state index in [1.807, 2.05) is 0 Å². The summed E-state index contributed by atoms with van der Waals surface area (Å²) in [5, 5.41) is 10.4. The highest BCUT2D eigenvalue weighted by Gasteiger charge is 2.35. The zero-order chi connectivity index (χ0) is 20.2. The molecule has 2 fully saturated rings. The minimum absolute atomic E-state index is 0.0876. The maximum atomic E-state index is 14.0. The first-order valence-electron chi connectivity index (χ1n) is 9.90. The molecule has 0 amide bonds. The zero-order valence-corrected chi connectivity index (χ0v) is 16.2. The summed E-state index contributed by atoms with van der Waals surface area (Å²) >= 11 is 0. The van der Waals surface area contributed by atoms with E-state index in [0.717, 1.165) is 19.6 Å². The molecule has 3 heterocycles. The van der Waals surface area contributed by atoms with Gasteiger partial charge in [0.2, 0.25) is 0 Å². The highest BCUT2D eigenvalue weighted by molar-refractivity contribution is 5.48. The van der Waals surface area contributed by atoms with Gasteiger partial charge in [0.05, 0.1) is 18.2 Å². The molecule has 4 rings (SSSR count). The molecule has 0 aliphatic carbocycles. The Kier molecular flexibility index (Phi) is 5.95. The van der Waals surface area contributed by atoms with Crippen molar-refractivity contribution in [2.45, 2.75) is 25.0 Å². The summed E-state index contributed by atoms with van der Waals surface area (Å²) in [4.78, 5) is 8.64. The fraction of sp³-hybridized carbons (Fsp3) is 0.409. The van der Waals surface area contributed by atoms with Crippen molar-refractivity contribution in [1.82, 2.24) is 14.8 Å². The standard InChI is InChI=1S/C22H25FN4O2/c23-18-12-17(24)5-6-22(18)29-21-7-8-25-13-16(21)4-3-9-26-14-19(20(28)15-26)27-10-1-2-11-27/h5-8,12-13,19-20,28H,1-2,9-11,14-15,24H2/t19-,20-/m1/s1. The van der Waals surface area contributed by atoms with Crippen LogP contribution in [0.4, 0.5) is 10.1 Å². The number of ether oxygens (including phenoxy) is 1. The van der Waals surface area contributed by atoms with Crippen LogP contribution in [0.5, 0.6) is 11.5 Å². The number of likely N-dealkylation sites (tertiary alicyclic amines) is 2. The van der Waals surface area contributed by atoms with Crippen LogP contribution >= 0.6 is 0 Å². The molecule has 2 atom stereocenters. The summed E-state index contributed by atoms with van der Waals surface area (Å²) < 4.78 is 19.7. The summed E-state index contributed by atoms with van der Waals surface area (Å²) in [6, 6.07) is 6.15. The van der Waals surface area contributed by atoms with Gasteiger partial charge in [0.1, 0.15) is 5.75 Å². The van der Waals surface area contributed by atoms with Crippen LogP contribution < -0.4 is 10.5 Å². The number of aliphatic hydroxyl groups excluding tert-OH is 1. The van der Waals surface area contributed by atoms with Gasteiger partial charge in [-0.05, 0) is 38.1 Å². The summed E-state index contributed by atoms with van der Waals surface area (Å²) in [5.74, 6) is 6.20. The molecule has 1 aromatic heterocycles. The Morgan fingerprint density at radius 3 is 2.83 bits per heavy atom. The van der Waals surface area contributed by atoms with Gasteiger partial charge in [-0.15, -0.1) is 0 Å². The highest BCUT2D eigenvalue weighted by atomic mass is 19.1. The minimum atomic E-state index is -0.528. The number of rotatable bonds is 4. The third-order valence-corrected chi connectivity index (χ3v) is 5.43. The van der Waals surface area contributed by atoms with E-state index in [2.05, 4.69) is 26.6 Å². The normalized spacial score (nSPS) is 22.4. The number of aromatic nitrogens is 1. The molecule has 0 unspecified atom stereocenters. The Balaban J connectivity index is 1.41. The number of benzene rings is 1. The van der Waals surface area contributed by atoms with Crippen molar-refractivity contribution < 1.29 is 14.2 Å². The number of anilines is 1. The maximum Gasteiger partial charge on any atom is 0.167 e. The van der Waals surface area contributed by atoms with Crippen LogP contribution in [0.1, 0.15) is 18.4 Å². The average molecular weight is 396 g/mol. The van der Waals surface area contributed by atoms with Crippen LogP contribution in [0.3, 0.4) is 0 Å². The molecular formula is C22H25FN4O2.